The number of imide groups is 2. The third-order valence-electron chi connectivity index (χ3n) is 5.35. The quantitative estimate of drug-likeness (QED) is 0.259. The molecule has 3 N–H and O–H groups in total. The van der Waals surface area contributed by atoms with Gasteiger partial charge in [-0.05, 0) is 83.0 Å². The van der Waals surface area contributed by atoms with Gasteiger partial charge in [0.25, 0.3) is 17.7 Å². The summed E-state index contributed by atoms with van der Waals surface area (Å²) in [6, 6.07) is 13.1. The smallest absolute Gasteiger partial charge is 0.335 e. The number of anilines is 2. The fourth-order valence-corrected chi connectivity index (χ4v) is 4.20. The van der Waals surface area contributed by atoms with E-state index in [2.05, 4.69) is 26.6 Å². The second kappa shape index (κ2) is 11.8. The standard InChI is InChI=1S/C27H21BrFN3O7/c1-2-38-22-13-15(12-19(28)24(22)39-14-23(34)30-21-6-4-3-5-20(21)29)11-18-25(35)31-27(37)32(26(18)36)16-7-9-17(33)10-8-16/h3-13,33H,2,14H2,1H3,(H,30,34)(H,31,35,37)/b18-11-. The first-order valence-electron chi connectivity index (χ1n) is 11.5. The van der Waals surface area contributed by atoms with E-state index < -0.39 is 36.2 Å². The summed E-state index contributed by atoms with van der Waals surface area (Å²) in [5.74, 6) is -2.64. The Kier molecular flexibility index (Phi) is 8.25. The Balaban J connectivity index is 1.58. The second-order valence-corrected chi connectivity index (χ2v) is 8.91. The largest absolute Gasteiger partial charge is 0.508 e. The first-order chi connectivity index (χ1) is 18.7. The van der Waals surface area contributed by atoms with E-state index in [1.807, 2.05) is 0 Å². The number of nitrogens with one attached hydrogen (secondary N) is 2. The van der Waals surface area contributed by atoms with Crippen LogP contribution in [-0.4, -0.2) is 42.1 Å². The highest BCUT2D eigenvalue weighted by molar-refractivity contribution is 9.10. The van der Waals surface area contributed by atoms with Crippen LogP contribution in [0.3, 0.4) is 0 Å². The van der Waals surface area contributed by atoms with Crippen molar-refractivity contribution in [3.63, 3.8) is 0 Å². The molecule has 1 aliphatic heterocycles. The number of para-hydroxylation sites is 1. The Bertz CT molecular complexity index is 1490. The average Bonchev–Trinajstić information content (AvgIpc) is 2.88. The van der Waals surface area contributed by atoms with Crippen molar-refractivity contribution in [2.24, 2.45) is 0 Å². The molecule has 0 radical (unpaired) electrons. The van der Waals surface area contributed by atoms with Gasteiger partial charge in [0.2, 0.25) is 0 Å². The molecule has 0 aliphatic carbocycles. The van der Waals surface area contributed by atoms with Gasteiger partial charge in [0.05, 0.1) is 22.5 Å². The second-order valence-electron chi connectivity index (χ2n) is 8.05. The SMILES string of the molecule is CCOc1cc(/C=C2/C(=O)NC(=O)N(c3ccc(O)cc3)C2=O)cc(Br)c1OCC(=O)Nc1ccccc1F. The molecule has 1 aliphatic rings. The molecule has 5 amide bonds. The highest BCUT2D eigenvalue weighted by Crippen LogP contribution is 2.38. The summed E-state index contributed by atoms with van der Waals surface area (Å²) in [5, 5.41) is 14.0. The third-order valence-corrected chi connectivity index (χ3v) is 5.94. The number of hydrogen-bond donors (Lipinski definition) is 3. The topological polar surface area (TPSA) is 134 Å². The number of nitrogens with zero attached hydrogens (tertiary/aromatic N) is 1. The van der Waals surface area contributed by atoms with Crippen LogP contribution in [0, 0.1) is 5.82 Å². The molecule has 1 saturated heterocycles. The van der Waals surface area contributed by atoms with Crippen LogP contribution in [0.4, 0.5) is 20.6 Å². The van der Waals surface area contributed by atoms with Crippen molar-refractivity contribution in [2.45, 2.75) is 6.92 Å². The number of hydrogen-bond acceptors (Lipinski definition) is 7. The van der Waals surface area contributed by atoms with E-state index in [0.717, 1.165) is 4.90 Å². The summed E-state index contributed by atoms with van der Waals surface area (Å²) in [6.07, 6.45) is 1.28. The van der Waals surface area contributed by atoms with Gasteiger partial charge in [-0.2, -0.15) is 0 Å². The Morgan fingerprint density at radius 3 is 2.51 bits per heavy atom. The molecule has 1 fully saturated rings. The lowest BCUT2D eigenvalue weighted by Crippen LogP contribution is -2.54. The number of carbonyl (C=O) groups excluding carboxylic acids is 4. The maximum atomic E-state index is 13.8. The van der Waals surface area contributed by atoms with Crippen LogP contribution < -0.4 is 25.0 Å². The van der Waals surface area contributed by atoms with Crippen molar-refractivity contribution < 1.29 is 38.1 Å². The van der Waals surface area contributed by atoms with E-state index in [1.165, 1.54) is 60.7 Å². The van der Waals surface area contributed by atoms with Gasteiger partial charge in [0, 0.05) is 0 Å². The predicted molar refractivity (Wildman–Crippen MR) is 143 cm³/mol. The molecule has 0 aromatic heterocycles. The Hall–Kier alpha value is -4.71. The molecule has 0 atom stereocenters. The molecule has 0 spiro atoms. The van der Waals surface area contributed by atoms with Crippen LogP contribution >= 0.6 is 15.9 Å². The summed E-state index contributed by atoms with van der Waals surface area (Å²) in [7, 11) is 0. The molecule has 39 heavy (non-hydrogen) atoms. The van der Waals surface area contributed by atoms with Crippen LogP contribution in [0.2, 0.25) is 0 Å². The zero-order valence-electron chi connectivity index (χ0n) is 20.4. The molecule has 12 heteroatoms. The summed E-state index contributed by atoms with van der Waals surface area (Å²) >= 11 is 3.36. The molecule has 200 valence electrons. The van der Waals surface area contributed by atoms with Gasteiger partial charge in [-0.15, -0.1) is 0 Å². The zero-order chi connectivity index (χ0) is 28.1. The molecule has 1 heterocycles. The fraction of sp³-hybridized carbons (Fsp3) is 0.111. The Labute approximate surface area is 230 Å². The number of carbonyl (C=O) groups is 4. The van der Waals surface area contributed by atoms with E-state index in [9.17, 15) is 28.7 Å². The molecule has 3 aromatic carbocycles. The van der Waals surface area contributed by atoms with Crippen LogP contribution in [0.5, 0.6) is 17.2 Å². The van der Waals surface area contributed by atoms with Gasteiger partial charge in [-0.3, -0.25) is 19.7 Å². The lowest BCUT2D eigenvalue weighted by molar-refractivity contribution is -0.122. The van der Waals surface area contributed by atoms with Crippen molar-refractivity contribution in [3.8, 4) is 17.2 Å². The number of phenolic OH excluding ortho intramolecular Hbond substituents is 1. The Morgan fingerprint density at radius 1 is 1.10 bits per heavy atom. The minimum atomic E-state index is -0.929. The van der Waals surface area contributed by atoms with Gasteiger partial charge >= 0.3 is 6.03 Å². The monoisotopic (exact) mass is 597 g/mol. The first kappa shape index (κ1) is 27.3. The van der Waals surface area contributed by atoms with Gasteiger partial charge in [-0.25, -0.2) is 14.1 Å². The van der Waals surface area contributed by atoms with Crippen molar-refractivity contribution >= 4 is 57.1 Å². The molecular weight excluding hydrogens is 577 g/mol. The lowest BCUT2D eigenvalue weighted by Gasteiger charge is -2.26. The van der Waals surface area contributed by atoms with Crippen LogP contribution in [0.1, 0.15) is 12.5 Å². The summed E-state index contributed by atoms with van der Waals surface area (Å²) in [6.45, 7) is 1.50. The van der Waals surface area contributed by atoms with Crippen molar-refractivity contribution in [2.75, 3.05) is 23.4 Å². The summed E-state index contributed by atoms with van der Waals surface area (Å²) < 4.78 is 25.4. The van der Waals surface area contributed by atoms with Crippen LogP contribution in [-0.2, 0) is 14.4 Å². The highest BCUT2D eigenvalue weighted by Gasteiger charge is 2.37. The van der Waals surface area contributed by atoms with Gasteiger partial charge in [0.1, 0.15) is 17.1 Å². The zero-order valence-corrected chi connectivity index (χ0v) is 22.0. The van der Waals surface area contributed by atoms with E-state index >= 15 is 0 Å². The number of amides is 5. The summed E-state index contributed by atoms with van der Waals surface area (Å²) in [4.78, 5) is 51.1. The van der Waals surface area contributed by atoms with Crippen LogP contribution in [0.25, 0.3) is 6.08 Å². The van der Waals surface area contributed by atoms with Gasteiger partial charge in [0.15, 0.2) is 18.1 Å². The molecule has 0 saturated carbocycles. The lowest BCUT2D eigenvalue weighted by atomic mass is 10.1. The molecule has 0 bridgehead atoms. The van der Waals surface area contributed by atoms with Crippen molar-refractivity contribution in [1.29, 1.82) is 0 Å². The van der Waals surface area contributed by atoms with E-state index in [4.69, 9.17) is 9.47 Å². The highest BCUT2D eigenvalue weighted by atomic mass is 79.9. The third kappa shape index (κ3) is 6.24. The van der Waals surface area contributed by atoms with E-state index in [1.54, 1.807) is 13.0 Å². The average molecular weight is 598 g/mol. The van der Waals surface area contributed by atoms with E-state index in [-0.39, 0.29) is 40.8 Å². The minimum Gasteiger partial charge on any atom is -0.508 e. The number of rotatable bonds is 8. The molecule has 0 unspecified atom stereocenters. The fourth-order valence-electron chi connectivity index (χ4n) is 3.62. The Morgan fingerprint density at radius 2 is 1.82 bits per heavy atom. The van der Waals surface area contributed by atoms with E-state index in [0.29, 0.717) is 10.0 Å². The predicted octanol–water partition coefficient (Wildman–Crippen LogP) is 4.38. The van der Waals surface area contributed by atoms with Crippen LogP contribution in [0.15, 0.2) is 70.7 Å². The number of urea groups is 1. The summed E-state index contributed by atoms with van der Waals surface area (Å²) in [5.41, 5.74) is 0.191. The van der Waals surface area contributed by atoms with Crippen molar-refractivity contribution in [3.05, 3.63) is 82.1 Å². The maximum absolute atomic E-state index is 13.8. The molecule has 10 nitrogen and oxygen atoms in total. The first-order valence-corrected chi connectivity index (χ1v) is 12.3. The van der Waals surface area contributed by atoms with Crippen molar-refractivity contribution in [1.82, 2.24) is 5.32 Å². The van der Waals surface area contributed by atoms with Gasteiger partial charge in [-0.1, -0.05) is 12.1 Å². The molecular formula is C27H21BrFN3O7. The number of benzene rings is 3. The number of aromatic hydroxyl groups is 1. The number of ether oxygens (including phenoxy) is 2. The number of phenols is 1. The maximum Gasteiger partial charge on any atom is 0.335 e. The normalized spacial score (nSPS) is 14.3. The molecule has 4 rings (SSSR count). The molecule has 3 aromatic rings. The number of barbiturate groups is 1. The minimum absolute atomic E-state index is 0.00688. The van der Waals surface area contributed by atoms with Gasteiger partial charge < -0.3 is 19.9 Å². The number of halogens is 2.